The lowest BCUT2D eigenvalue weighted by molar-refractivity contribution is -0.137. The quantitative estimate of drug-likeness (QED) is 0.755. The maximum absolute atomic E-state index is 12.8. The first-order valence-electron chi connectivity index (χ1n) is 9.56. The Morgan fingerprint density at radius 2 is 1.71 bits per heavy atom. The summed E-state index contributed by atoms with van der Waals surface area (Å²) in [7, 11) is -3.84. The molecule has 1 heterocycles. The summed E-state index contributed by atoms with van der Waals surface area (Å²) in [5, 5.41) is 11.9. The van der Waals surface area contributed by atoms with E-state index in [1.165, 1.54) is 28.6 Å². The molecule has 31 heavy (non-hydrogen) atoms. The molecule has 0 spiro atoms. The van der Waals surface area contributed by atoms with Crippen molar-refractivity contribution in [3.05, 3.63) is 65.2 Å². The Balaban J connectivity index is 1.56. The van der Waals surface area contributed by atoms with E-state index in [1.807, 2.05) is 6.07 Å². The molecule has 3 rings (SSSR count). The number of benzene rings is 2. The molecular weight excluding hydrogens is 431 g/mol. The summed E-state index contributed by atoms with van der Waals surface area (Å²) in [5.74, 6) is -0.665. The molecule has 0 saturated carbocycles. The lowest BCUT2D eigenvalue weighted by atomic mass is 9.97. The first-order valence-corrected chi connectivity index (χ1v) is 11.0. The number of alkyl halides is 3. The number of carbonyl (C=O) groups excluding carboxylic acids is 1. The van der Waals surface area contributed by atoms with Crippen LogP contribution < -0.4 is 5.32 Å². The fourth-order valence-electron chi connectivity index (χ4n) is 3.43. The van der Waals surface area contributed by atoms with Gasteiger partial charge in [0.15, 0.2) is 0 Å². The van der Waals surface area contributed by atoms with E-state index in [1.54, 1.807) is 12.1 Å². The van der Waals surface area contributed by atoms with Crippen molar-refractivity contribution in [3.8, 4) is 6.07 Å². The molecule has 0 atom stereocenters. The first kappa shape index (κ1) is 22.8. The molecule has 0 bridgehead atoms. The molecule has 164 valence electrons. The number of sulfonamides is 1. The smallest absolute Gasteiger partial charge is 0.352 e. The van der Waals surface area contributed by atoms with Crippen LogP contribution in [0.2, 0.25) is 0 Å². The van der Waals surface area contributed by atoms with E-state index in [0.29, 0.717) is 18.4 Å². The first-order chi connectivity index (χ1) is 14.6. The van der Waals surface area contributed by atoms with Gasteiger partial charge < -0.3 is 5.32 Å². The molecule has 1 aliphatic rings. The Bertz CT molecular complexity index is 1090. The van der Waals surface area contributed by atoms with E-state index >= 15 is 0 Å². The van der Waals surface area contributed by atoms with E-state index in [0.717, 1.165) is 12.1 Å². The van der Waals surface area contributed by atoms with E-state index < -0.39 is 27.7 Å². The topological polar surface area (TPSA) is 90.3 Å². The van der Waals surface area contributed by atoms with Crippen LogP contribution in [0.1, 0.15) is 29.5 Å². The van der Waals surface area contributed by atoms with Gasteiger partial charge in [-0.05, 0) is 42.7 Å². The second-order valence-corrected chi connectivity index (χ2v) is 9.11. The minimum absolute atomic E-state index is 0.0531. The standard InChI is InChI=1S/C21H20F3N3O3S/c22-21(23,24)18-7-5-15(6-8-18)14-26-20(28)16-9-11-27(12-10-16)31(29,30)19-4-2-1-3-17(19)13-25/h1-8,16H,9-12,14H2,(H,26,28). The number of hydrogen-bond donors (Lipinski definition) is 1. The van der Waals surface area contributed by atoms with Gasteiger partial charge in [-0.2, -0.15) is 22.7 Å². The third kappa shape index (κ3) is 5.24. The summed E-state index contributed by atoms with van der Waals surface area (Å²) in [6.45, 7) is 0.367. The molecule has 1 fully saturated rings. The highest BCUT2D eigenvalue weighted by molar-refractivity contribution is 7.89. The number of nitriles is 1. The Morgan fingerprint density at radius 1 is 1.10 bits per heavy atom. The van der Waals surface area contributed by atoms with Crippen molar-refractivity contribution in [2.45, 2.75) is 30.5 Å². The van der Waals surface area contributed by atoms with Crippen molar-refractivity contribution in [3.63, 3.8) is 0 Å². The molecule has 10 heteroatoms. The summed E-state index contributed by atoms with van der Waals surface area (Å²) < 4.78 is 64.8. The highest BCUT2D eigenvalue weighted by Gasteiger charge is 2.33. The molecule has 2 aromatic rings. The number of carbonyl (C=O) groups is 1. The Hall–Kier alpha value is -2.90. The second kappa shape index (κ2) is 9.08. The Labute approximate surface area is 178 Å². The van der Waals surface area contributed by atoms with Crippen molar-refractivity contribution in [2.24, 2.45) is 5.92 Å². The molecular formula is C21H20F3N3O3S. The van der Waals surface area contributed by atoms with Gasteiger partial charge in [-0.1, -0.05) is 24.3 Å². The Kier molecular flexibility index (Phi) is 6.67. The predicted molar refractivity (Wildman–Crippen MR) is 106 cm³/mol. The van der Waals surface area contributed by atoms with E-state index in [-0.39, 0.29) is 36.0 Å². The fourth-order valence-corrected chi connectivity index (χ4v) is 5.04. The molecule has 0 aromatic heterocycles. The average molecular weight is 451 g/mol. The molecule has 0 radical (unpaired) electrons. The largest absolute Gasteiger partial charge is 0.416 e. The molecule has 2 aromatic carbocycles. The lowest BCUT2D eigenvalue weighted by Gasteiger charge is -2.30. The van der Waals surface area contributed by atoms with Gasteiger partial charge in [-0.15, -0.1) is 0 Å². The number of amides is 1. The fraction of sp³-hybridized carbons (Fsp3) is 0.333. The van der Waals surface area contributed by atoms with Gasteiger partial charge in [-0.25, -0.2) is 8.42 Å². The van der Waals surface area contributed by atoms with E-state index in [4.69, 9.17) is 5.26 Å². The maximum Gasteiger partial charge on any atom is 0.416 e. The number of nitrogens with zero attached hydrogens (tertiary/aromatic N) is 2. The van der Waals surface area contributed by atoms with Crippen molar-refractivity contribution in [2.75, 3.05) is 13.1 Å². The predicted octanol–water partition coefficient (Wildman–Crippen LogP) is 3.29. The summed E-state index contributed by atoms with van der Waals surface area (Å²) in [6.07, 6.45) is -3.79. The normalized spacial score (nSPS) is 15.9. The zero-order valence-corrected chi connectivity index (χ0v) is 17.2. The van der Waals surface area contributed by atoms with Crippen LogP contribution in [0.4, 0.5) is 13.2 Å². The average Bonchev–Trinajstić information content (AvgIpc) is 2.77. The second-order valence-electron chi connectivity index (χ2n) is 7.20. The molecule has 1 amide bonds. The van der Waals surface area contributed by atoms with Crippen LogP contribution in [-0.2, 0) is 27.5 Å². The Morgan fingerprint density at radius 3 is 2.29 bits per heavy atom. The number of rotatable bonds is 5. The van der Waals surface area contributed by atoms with Gasteiger partial charge in [-0.3, -0.25) is 4.79 Å². The van der Waals surface area contributed by atoms with Crippen molar-refractivity contribution < 1.29 is 26.4 Å². The van der Waals surface area contributed by atoms with Crippen molar-refractivity contribution in [1.82, 2.24) is 9.62 Å². The number of nitrogens with one attached hydrogen (secondary N) is 1. The van der Waals surface area contributed by atoms with Crippen LogP contribution >= 0.6 is 0 Å². The third-order valence-electron chi connectivity index (χ3n) is 5.20. The van der Waals surface area contributed by atoms with Crippen LogP contribution in [0.25, 0.3) is 0 Å². The summed E-state index contributed by atoms with van der Waals surface area (Å²) in [5.41, 5.74) is -0.150. The summed E-state index contributed by atoms with van der Waals surface area (Å²) in [4.78, 5) is 12.4. The minimum Gasteiger partial charge on any atom is -0.352 e. The zero-order valence-electron chi connectivity index (χ0n) is 16.4. The van der Waals surface area contributed by atoms with Gasteiger partial charge in [0.25, 0.3) is 0 Å². The van der Waals surface area contributed by atoms with Crippen LogP contribution in [-0.4, -0.2) is 31.7 Å². The van der Waals surface area contributed by atoms with E-state index in [9.17, 15) is 26.4 Å². The van der Waals surface area contributed by atoms with Gasteiger partial charge in [0.1, 0.15) is 6.07 Å². The SMILES string of the molecule is N#Cc1ccccc1S(=O)(=O)N1CCC(C(=O)NCc2ccc(C(F)(F)F)cc2)CC1. The number of hydrogen-bond acceptors (Lipinski definition) is 4. The van der Waals surface area contributed by atoms with Gasteiger partial charge >= 0.3 is 6.18 Å². The molecule has 1 saturated heterocycles. The number of piperidine rings is 1. The third-order valence-corrected chi connectivity index (χ3v) is 7.15. The van der Waals surface area contributed by atoms with Gasteiger partial charge in [0, 0.05) is 25.6 Å². The van der Waals surface area contributed by atoms with Gasteiger partial charge in [0.2, 0.25) is 15.9 Å². The lowest BCUT2D eigenvalue weighted by Crippen LogP contribution is -2.43. The van der Waals surface area contributed by atoms with Crippen molar-refractivity contribution >= 4 is 15.9 Å². The minimum atomic E-state index is -4.41. The van der Waals surface area contributed by atoms with Crippen LogP contribution in [0, 0.1) is 17.2 Å². The molecule has 1 aliphatic heterocycles. The van der Waals surface area contributed by atoms with Crippen LogP contribution in [0.15, 0.2) is 53.4 Å². The summed E-state index contributed by atoms with van der Waals surface area (Å²) in [6, 6.07) is 12.4. The highest BCUT2D eigenvalue weighted by atomic mass is 32.2. The van der Waals surface area contributed by atoms with Gasteiger partial charge in [0.05, 0.1) is 16.0 Å². The monoisotopic (exact) mass is 451 g/mol. The number of halogens is 3. The molecule has 0 aliphatic carbocycles. The zero-order chi connectivity index (χ0) is 22.6. The van der Waals surface area contributed by atoms with Crippen molar-refractivity contribution in [1.29, 1.82) is 5.26 Å². The van der Waals surface area contributed by atoms with Crippen LogP contribution in [0.3, 0.4) is 0 Å². The molecule has 1 N–H and O–H groups in total. The highest BCUT2D eigenvalue weighted by Crippen LogP contribution is 2.29. The van der Waals surface area contributed by atoms with Crippen LogP contribution in [0.5, 0.6) is 0 Å². The molecule has 6 nitrogen and oxygen atoms in total. The maximum atomic E-state index is 12.8. The molecule has 0 unspecified atom stereocenters. The van der Waals surface area contributed by atoms with E-state index in [2.05, 4.69) is 5.32 Å². The summed E-state index contributed by atoms with van der Waals surface area (Å²) >= 11 is 0.